The van der Waals surface area contributed by atoms with Crippen molar-refractivity contribution in [3.63, 3.8) is 0 Å². The Balaban J connectivity index is 0.00000420. The molecule has 1 fully saturated rings. The van der Waals surface area contributed by atoms with Crippen LogP contribution in [0.2, 0.25) is 0 Å². The highest BCUT2D eigenvalue weighted by atomic mass is 35.5. The number of halogens is 3. The minimum atomic E-state index is -0.663. The van der Waals surface area contributed by atoms with E-state index in [1.54, 1.807) is 12.1 Å². The van der Waals surface area contributed by atoms with Gasteiger partial charge in [0.25, 0.3) is 0 Å². The first-order valence-electron chi connectivity index (χ1n) is 13.3. The highest BCUT2D eigenvalue weighted by molar-refractivity contribution is 5.91. The van der Waals surface area contributed by atoms with E-state index >= 15 is 0 Å². The first kappa shape index (κ1) is 30.6. The van der Waals surface area contributed by atoms with Gasteiger partial charge in [-0.05, 0) is 87.6 Å². The van der Waals surface area contributed by atoms with Crippen LogP contribution in [-0.2, 0) is 11.2 Å². The number of alkyl halides is 1. The zero-order valence-corrected chi connectivity index (χ0v) is 23.9. The lowest BCUT2D eigenvalue weighted by atomic mass is 9.95. The van der Waals surface area contributed by atoms with Crippen LogP contribution in [0.25, 0.3) is 22.2 Å². The lowest BCUT2D eigenvalue weighted by Crippen LogP contribution is -2.35. The van der Waals surface area contributed by atoms with Crippen molar-refractivity contribution in [1.82, 2.24) is 15.2 Å². The van der Waals surface area contributed by atoms with Gasteiger partial charge in [-0.3, -0.25) is 4.79 Å². The van der Waals surface area contributed by atoms with E-state index in [-0.39, 0.29) is 36.5 Å². The van der Waals surface area contributed by atoms with Crippen molar-refractivity contribution >= 4 is 29.2 Å². The third-order valence-electron chi connectivity index (χ3n) is 6.96. The first-order chi connectivity index (χ1) is 18.2. The van der Waals surface area contributed by atoms with Crippen LogP contribution < -0.4 is 14.8 Å². The van der Waals surface area contributed by atoms with Crippen LogP contribution in [0.5, 0.6) is 11.5 Å². The molecule has 212 valence electrons. The molecule has 1 aliphatic heterocycles. The molecule has 2 heterocycles. The number of piperidine rings is 1. The standard InChI is InChI=1S/C30H37F2N3O3.ClH/c1-19(2)33-29(36)18-25-20(3)24-17-23(38-15-5-12-35-13-10-22(31)11-14-35)7-9-27(24)34-30(25)21-6-8-26(32)28(16-21)37-4;/h6-9,16-17,19,22H,5,10-15,18H2,1-4H3,(H,33,36);1H. The predicted molar refractivity (Wildman–Crippen MR) is 153 cm³/mol. The molecule has 1 aliphatic rings. The van der Waals surface area contributed by atoms with Crippen LogP contribution in [0, 0.1) is 12.7 Å². The second-order valence-electron chi connectivity index (χ2n) is 10.2. The molecule has 6 nitrogen and oxygen atoms in total. The monoisotopic (exact) mass is 561 g/mol. The second kappa shape index (κ2) is 13.9. The van der Waals surface area contributed by atoms with E-state index in [2.05, 4.69) is 10.2 Å². The number of carbonyl (C=O) groups excluding carboxylic acids is 1. The summed E-state index contributed by atoms with van der Waals surface area (Å²) >= 11 is 0. The van der Waals surface area contributed by atoms with Gasteiger partial charge in [-0.2, -0.15) is 0 Å². The maximum atomic E-state index is 14.1. The minimum absolute atomic E-state index is 0. The molecule has 1 saturated heterocycles. The molecule has 0 unspecified atom stereocenters. The molecule has 1 aromatic heterocycles. The van der Waals surface area contributed by atoms with Gasteiger partial charge in [-0.25, -0.2) is 13.8 Å². The average Bonchev–Trinajstić information content (AvgIpc) is 2.89. The Morgan fingerprint density at radius 1 is 1.18 bits per heavy atom. The largest absolute Gasteiger partial charge is 0.494 e. The van der Waals surface area contributed by atoms with Crippen LogP contribution in [0.4, 0.5) is 8.78 Å². The number of nitrogens with one attached hydrogen (secondary N) is 1. The summed E-state index contributed by atoms with van der Waals surface area (Å²) < 4.78 is 38.7. The fraction of sp³-hybridized carbons (Fsp3) is 0.467. The number of ether oxygens (including phenoxy) is 2. The topological polar surface area (TPSA) is 63.7 Å². The van der Waals surface area contributed by atoms with Crippen molar-refractivity contribution in [2.24, 2.45) is 0 Å². The van der Waals surface area contributed by atoms with Gasteiger partial charge >= 0.3 is 0 Å². The normalized spacial score (nSPS) is 14.3. The molecular weight excluding hydrogens is 524 g/mol. The van der Waals surface area contributed by atoms with Gasteiger partial charge in [0.05, 0.1) is 31.3 Å². The van der Waals surface area contributed by atoms with Crippen LogP contribution in [-0.4, -0.2) is 61.4 Å². The van der Waals surface area contributed by atoms with Gasteiger partial charge in [-0.1, -0.05) is 0 Å². The van der Waals surface area contributed by atoms with Crippen LogP contribution in [0.1, 0.15) is 44.2 Å². The number of aryl methyl sites for hydroxylation is 1. The Morgan fingerprint density at radius 2 is 1.92 bits per heavy atom. The maximum absolute atomic E-state index is 14.1. The Labute approximate surface area is 235 Å². The number of benzene rings is 2. The van der Waals surface area contributed by atoms with Crippen LogP contribution >= 0.6 is 12.4 Å². The fourth-order valence-electron chi connectivity index (χ4n) is 4.93. The minimum Gasteiger partial charge on any atom is -0.494 e. The van der Waals surface area contributed by atoms with Crippen molar-refractivity contribution < 1.29 is 23.0 Å². The van der Waals surface area contributed by atoms with E-state index in [9.17, 15) is 13.6 Å². The lowest BCUT2D eigenvalue weighted by molar-refractivity contribution is -0.120. The molecule has 0 radical (unpaired) electrons. The Morgan fingerprint density at radius 3 is 2.62 bits per heavy atom. The average molecular weight is 562 g/mol. The zero-order valence-electron chi connectivity index (χ0n) is 23.1. The SMILES string of the molecule is COc1cc(-c2nc3ccc(OCCCN4CCC(F)CC4)cc3c(C)c2CC(=O)NC(C)C)ccc1F.Cl. The van der Waals surface area contributed by atoms with Gasteiger partial charge in [-0.15, -0.1) is 12.4 Å². The third-order valence-corrected chi connectivity index (χ3v) is 6.96. The molecule has 0 atom stereocenters. The molecule has 9 heteroatoms. The molecule has 1 amide bonds. The zero-order chi connectivity index (χ0) is 27.2. The number of hydrogen-bond donors (Lipinski definition) is 1. The number of pyridine rings is 1. The van der Waals surface area contributed by atoms with Gasteiger partial charge in [0.2, 0.25) is 5.91 Å². The van der Waals surface area contributed by atoms with Gasteiger partial charge in [0, 0.05) is 36.6 Å². The van der Waals surface area contributed by atoms with E-state index in [0.29, 0.717) is 30.7 Å². The number of methoxy groups -OCH3 is 1. The number of carbonyl (C=O) groups is 1. The van der Waals surface area contributed by atoms with Crippen molar-refractivity contribution in [2.45, 2.75) is 58.7 Å². The Hall–Kier alpha value is -2.97. The summed E-state index contributed by atoms with van der Waals surface area (Å²) in [5.41, 5.74) is 3.76. The van der Waals surface area contributed by atoms with Crippen molar-refractivity contribution in [2.75, 3.05) is 33.4 Å². The number of fused-ring (bicyclic) bond motifs is 1. The smallest absolute Gasteiger partial charge is 0.224 e. The first-order valence-corrected chi connectivity index (χ1v) is 13.3. The fourth-order valence-corrected chi connectivity index (χ4v) is 4.93. The summed E-state index contributed by atoms with van der Waals surface area (Å²) in [6.45, 7) is 8.87. The molecule has 4 rings (SSSR count). The number of hydrogen-bond acceptors (Lipinski definition) is 5. The number of rotatable bonds is 10. The molecular formula is C30H38ClF2N3O3. The Bertz CT molecular complexity index is 1280. The van der Waals surface area contributed by atoms with Crippen LogP contribution in [0.3, 0.4) is 0 Å². The van der Waals surface area contributed by atoms with E-state index in [1.165, 1.54) is 13.2 Å². The van der Waals surface area contributed by atoms with Crippen LogP contribution in [0.15, 0.2) is 36.4 Å². The highest BCUT2D eigenvalue weighted by Gasteiger charge is 2.20. The molecule has 0 aliphatic carbocycles. The molecule has 0 bridgehead atoms. The summed E-state index contributed by atoms with van der Waals surface area (Å²) in [6.07, 6.45) is 1.56. The number of amides is 1. The summed E-state index contributed by atoms with van der Waals surface area (Å²) in [7, 11) is 1.42. The summed E-state index contributed by atoms with van der Waals surface area (Å²) in [6, 6.07) is 10.4. The highest BCUT2D eigenvalue weighted by Crippen LogP contribution is 2.34. The second-order valence-corrected chi connectivity index (χ2v) is 10.2. The quantitative estimate of drug-likeness (QED) is 0.305. The molecule has 2 aromatic carbocycles. The molecule has 0 spiro atoms. The Kier molecular flexibility index (Phi) is 10.9. The van der Waals surface area contributed by atoms with Crippen molar-refractivity contribution in [3.8, 4) is 22.8 Å². The van der Waals surface area contributed by atoms with E-state index in [4.69, 9.17) is 14.5 Å². The molecule has 3 aromatic rings. The molecule has 39 heavy (non-hydrogen) atoms. The van der Waals surface area contributed by atoms with Crippen molar-refractivity contribution in [3.05, 3.63) is 53.3 Å². The van der Waals surface area contributed by atoms with E-state index < -0.39 is 12.0 Å². The molecule has 0 saturated carbocycles. The van der Waals surface area contributed by atoms with Gasteiger partial charge in [0.15, 0.2) is 11.6 Å². The predicted octanol–water partition coefficient (Wildman–Crippen LogP) is 6.05. The maximum Gasteiger partial charge on any atom is 0.224 e. The van der Waals surface area contributed by atoms with Crippen molar-refractivity contribution in [1.29, 1.82) is 0 Å². The van der Waals surface area contributed by atoms with E-state index in [0.717, 1.165) is 53.8 Å². The summed E-state index contributed by atoms with van der Waals surface area (Å²) in [5.74, 6) is 0.293. The van der Waals surface area contributed by atoms with Gasteiger partial charge < -0.3 is 19.7 Å². The van der Waals surface area contributed by atoms with E-state index in [1.807, 2.05) is 39.0 Å². The third kappa shape index (κ3) is 7.79. The molecule has 1 N–H and O–H groups in total. The summed E-state index contributed by atoms with van der Waals surface area (Å²) in [5, 5.41) is 3.85. The lowest BCUT2D eigenvalue weighted by Gasteiger charge is -2.28. The summed E-state index contributed by atoms with van der Waals surface area (Å²) in [4.78, 5) is 20.0. The number of likely N-dealkylation sites (tertiary alicyclic amines) is 1. The number of aromatic nitrogens is 1. The number of nitrogens with zero attached hydrogens (tertiary/aromatic N) is 2. The van der Waals surface area contributed by atoms with Gasteiger partial charge in [0.1, 0.15) is 11.9 Å².